The minimum Gasteiger partial charge on any atom is -0.470 e. The van der Waals surface area contributed by atoms with Gasteiger partial charge in [-0.25, -0.2) is 8.78 Å². The van der Waals surface area contributed by atoms with E-state index in [0.717, 1.165) is 0 Å². The number of fused-ring (bicyclic) bond motifs is 3. The zero-order chi connectivity index (χ0) is 26.9. The first kappa shape index (κ1) is 25.1. The molecule has 3 aromatic heterocycles. The SMILES string of the molecule is COCC(=O)C=C(N)c1nnc2c3ccccc3c(OCc3ccc(C(=O)NC4CC(F)(F)C4)cn3)nn12. The van der Waals surface area contributed by atoms with Crippen molar-refractivity contribution in [1.29, 1.82) is 0 Å². The number of nitrogens with zero attached hydrogens (tertiary/aromatic N) is 5. The number of hydrogen-bond donors (Lipinski definition) is 2. The molecule has 0 bridgehead atoms. The van der Waals surface area contributed by atoms with Crippen LogP contribution in [0.5, 0.6) is 5.88 Å². The number of nitrogens with one attached hydrogen (secondary N) is 1. The molecule has 0 aliphatic heterocycles. The summed E-state index contributed by atoms with van der Waals surface area (Å²) in [5, 5.41) is 16.7. The Kier molecular flexibility index (Phi) is 6.68. The Hall–Kier alpha value is -4.52. The molecule has 0 atom stereocenters. The van der Waals surface area contributed by atoms with Gasteiger partial charge < -0.3 is 20.5 Å². The Morgan fingerprint density at radius 2 is 1.95 bits per heavy atom. The van der Waals surface area contributed by atoms with Gasteiger partial charge in [0.1, 0.15) is 13.2 Å². The summed E-state index contributed by atoms with van der Waals surface area (Å²) in [5.41, 5.74) is 7.35. The maximum absolute atomic E-state index is 13.0. The molecule has 1 saturated carbocycles. The van der Waals surface area contributed by atoms with E-state index in [0.29, 0.717) is 22.1 Å². The number of rotatable bonds is 9. The molecule has 1 amide bonds. The van der Waals surface area contributed by atoms with Gasteiger partial charge in [0.25, 0.3) is 11.8 Å². The van der Waals surface area contributed by atoms with Crippen molar-refractivity contribution in [1.82, 2.24) is 30.1 Å². The summed E-state index contributed by atoms with van der Waals surface area (Å²) < 4.78 is 38.2. The van der Waals surface area contributed by atoms with Gasteiger partial charge in [0.15, 0.2) is 11.4 Å². The molecule has 13 heteroatoms. The molecule has 4 aromatic rings. The number of pyridine rings is 1. The summed E-state index contributed by atoms with van der Waals surface area (Å²) in [6.45, 7) is -0.111. The third-order valence-electron chi connectivity index (χ3n) is 5.96. The van der Waals surface area contributed by atoms with Crippen LogP contribution in [0.25, 0.3) is 22.1 Å². The van der Waals surface area contributed by atoms with Gasteiger partial charge in [-0.05, 0) is 18.2 Å². The predicted octanol–water partition coefficient (Wildman–Crippen LogP) is 2.29. The second-order valence-corrected chi connectivity index (χ2v) is 8.87. The fourth-order valence-electron chi connectivity index (χ4n) is 4.08. The van der Waals surface area contributed by atoms with E-state index in [1.54, 1.807) is 12.1 Å². The number of nitrogens with two attached hydrogens (primary N) is 1. The van der Waals surface area contributed by atoms with Gasteiger partial charge in [0.05, 0.1) is 17.0 Å². The number of amides is 1. The van der Waals surface area contributed by atoms with Gasteiger partial charge in [0.2, 0.25) is 11.7 Å². The molecule has 0 spiro atoms. The van der Waals surface area contributed by atoms with Crippen LogP contribution in [-0.2, 0) is 16.1 Å². The lowest BCUT2D eigenvalue weighted by molar-refractivity contribution is -0.118. The molecule has 3 heterocycles. The van der Waals surface area contributed by atoms with Crippen molar-refractivity contribution in [2.24, 2.45) is 5.73 Å². The van der Waals surface area contributed by atoms with Crippen molar-refractivity contribution in [3.8, 4) is 5.88 Å². The molecule has 38 heavy (non-hydrogen) atoms. The fraction of sp³-hybridized carbons (Fsp3) is 0.280. The van der Waals surface area contributed by atoms with Crippen molar-refractivity contribution < 1.29 is 27.8 Å². The second-order valence-electron chi connectivity index (χ2n) is 8.87. The number of halogens is 2. The van der Waals surface area contributed by atoms with Crippen molar-refractivity contribution >= 4 is 33.8 Å². The van der Waals surface area contributed by atoms with Crippen LogP contribution in [0.4, 0.5) is 8.78 Å². The van der Waals surface area contributed by atoms with Gasteiger partial charge >= 0.3 is 0 Å². The summed E-state index contributed by atoms with van der Waals surface area (Å²) in [4.78, 5) is 28.5. The molecule has 1 aliphatic rings. The Labute approximate surface area is 214 Å². The van der Waals surface area contributed by atoms with Crippen LogP contribution in [0, 0.1) is 0 Å². The third kappa shape index (κ3) is 5.13. The third-order valence-corrected chi connectivity index (χ3v) is 5.96. The lowest BCUT2D eigenvalue weighted by Gasteiger charge is -2.35. The quantitative estimate of drug-likeness (QED) is 0.315. The largest absolute Gasteiger partial charge is 0.470 e. The van der Waals surface area contributed by atoms with E-state index in [9.17, 15) is 18.4 Å². The monoisotopic (exact) mass is 523 g/mol. The van der Waals surface area contributed by atoms with E-state index >= 15 is 0 Å². The van der Waals surface area contributed by atoms with E-state index in [1.165, 1.54) is 23.9 Å². The smallest absolute Gasteiger partial charge is 0.253 e. The van der Waals surface area contributed by atoms with E-state index in [-0.39, 0.29) is 54.8 Å². The number of methoxy groups -OCH3 is 1. The molecule has 0 radical (unpaired) electrons. The van der Waals surface area contributed by atoms with Gasteiger partial charge in [-0.15, -0.1) is 15.3 Å². The first-order chi connectivity index (χ1) is 18.2. The molecule has 196 valence electrons. The van der Waals surface area contributed by atoms with E-state index in [2.05, 4.69) is 25.6 Å². The van der Waals surface area contributed by atoms with Crippen LogP contribution >= 0.6 is 0 Å². The van der Waals surface area contributed by atoms with Crippen LogP contribution in [0.3, 0.4) is 0 Å². The Morgan fingerprint density at radius 3 is 2.63 bits per heavy atom. The lowest BCUT2D eigenvalue weighted by Crippen LogP contribution is -2.50. The number of ether oxygens (including phenoxy) is 2. The molecule has 5 rings (SSSR count). The second kappa shape index (κ2) is 10.1. The Balaban J connectivity index is 1.36. The maximum Gasteiger partial charge on any atom is 0.253 e. The average molecular weight is 524 g/mol. The highest BCUT2D eigenvalue weighted by Gasteiger charge is 2.45. The molecule has 11 nitrogen and oxygen atoms in total. The highest BCUT2D eigenvalue weighted by Crippen LogP contribution is 2.37. The number of aromatic nitrogens is 5. The van der Waals surface area contributed by atoms with Crippen LogP contribution in [0.1, 0.15) is 34.7 Å². The minimum atomic E-state index is -2.71. The summed E-state index contributed by atoms with van der Waals surface area (Å²) in [7, 11) is 1.40. The number of carbonyl (C=O) groups excluding carboxylic acids is 2. The number of ketones is 1. The Bertz CT molecular complexity index is 1540. The van der Waals surface area contributed by atoms with E-state index in [1.807, 2.05) is 24.3 Å². The van der Waals surface area contributed by atoms with E-state index < -0.39 is 17.9 Å². The van der Waals surface area contributed by atoms with Crippen LogP contribution in [0.15, 0.2) is 48.7 Å². The van der Waals surface area contributed by atoms with Crippen LogP contribution < -0.4 is 15.8 Å². The number of benzene rings is 1. The van der Waals surface area contributed by atoms with Gasteiger partial charge in [-0.1, -0.05) is 18.2 Å². The zero-order valence-electron chi connectivity index (χ0n) is 20.2. The number of alkyl halides is 2. The summed E-state index contributed by atoms with van der Waals surface area (Å²) >= 11 is 0. The van der Waals surface area contributed by atoms with Crippen LogP contribution in [0.2, 0.25) is 0 Å². The normalized spacial score (nSPS) is 15.4. The Morgan fingerprint density at radius 1 is 1.18 bits per heavy atom. The van der Waals surface area contributed by atoms with Crippen molar-refractivity contribution in [2.75, 3.05) is 13.7 Å². The molecule has 1 fully saturated rings. The molecule has 0 saturated heterocycles. The van der Waals surface area contributed by atoms with E-state index in [4.69, 9.17) is 15.2 Å². The average Bonchev–Trinajstić information content (AvgIpc) is 3.31. The van der Waals surface area contributed by atoms with Gasteiger partial charge in [0, 0.05) is 49.0 Å². The first-order valence-corrected chi connectivity index (χ1v) is 11.6. The molecular weight excluding hydrogens is 500 g/mol. The van der Waals surface area contributed by atoms with Crippen molar-refractivity contribution in [3.63, 3.8) is 0 Å². The summed E-state index contributed by atoms with van der Waals surface area (Å²) in [5.74, 6) is -3.10. The number of hydrogen-bond acceptors (Lipinski definition) is 9. The summed E-state index contributed by atoms with van der Waals surface area (Å²) in [6.07, 6.45) is 1.85. The fourth-order valence-corrected chi connectivity index (χ4v) is 4.08. The first-order valence-electron chi connectivity index (χ1n) is 11.6. The van der Waals surface area contributed by atoms with Crippen LogP contribution in [-0.4, -0.2) is 62.2 Å². The highest BCUT2D eigenvalue weighted by molar-refractivity contribution is 5.98. The zero-order valence-corrected chi connectivity index (χ0v) is 20.2. The summed E-state index contributed by atoms with van der Waals surface area (Å²) in [6, 6.07) is 9.92. The number of carbonyl (C=O) groups is 2. The lowest BCUT2D eigenvalue weighted by atomic mass is 9.88. The van der Waals surface area contributed by atoms with Gasteiger partial charge in [-0.3, -0.25) is 14.6 Å². The van der Waals surface area contributed by atoms with Gasteiger partial charge in [-0.2, -0.15) is 4.52 Å². The molecule has 1 aromatic carbocycles. The molecule has 3 N–H and O–H groups in total. The topological polar surface area (TPSA) is 147 Å². The molecular formula is C25H23F2N7O4. The molecule has 0 unspecified atom stereocenters. The van der Waals surface area contributed by atoms with Crippen molar-refractivity contribution in [3.05, 3.63) is 65.8 Å². The standard InChI is InChI=1S/C25H23F2N7O4/c1-37-13-17(35)8-20(28)22-32-31-21-18-4-2-3-5-19(18)24(33-34(21)22)38-12-15-7-6-14(11-29-15)23(36)30-16-9-25(26,27)10-16/h2-8,11,16H,9-10,12-13,28H2,1H3,(H,30,36). The predicted molar refractivity (Wildman–Crippen MR) is 131 cm³/mol. The maximum atomic E-state index is 13.0. The minimum absolute atomic E-state index is 0.0222. The highest BCUT2D eigenvalue weighted by atomic mass is 19.3. The molecule has 1 aliphatic carbocycles. The van der Waals surface area contributed by atoms with Crippen molar-refractivity contribution in [2.45, 2.75) is 31.4 Å².